The Morgan fingerprint density at radius 3 is 2.48 bits per heavy atom. The molecule has 0 fully saturated rings. The zero-order chi connectivity index (χ0) is 17.4. The van der Waals surface area contributed by atoms with E-state index in [2.05, 4.69) is 12.1 Å². The molecule has 1 heterocycles. The van der Waals surface area contributed by atoms with Crippen LogP contribution in [0.25, 0.3) is 21.7 Å². The third-order valence-electron chi connectivity index (χ3n) is 4.75. The minimum atomic E-state index is -0.476. The van der Waals surface area contributed by atoms with Crippen molar-refractivity contribution in [2.24, 2.45) is 0 Å². The smallest absolute Gasteiger partial charge is 0.343 e. The van der Waals surface area contributed by atoms with E-state index in [0.29, 0.717) is 23.0 Å². The zero-order valence-corrected chi connectivity index (χ0v) is 13.9. The molecule has 0 saturated carbocycles. The fraction of sp³-hybridized carbons (Fsp3) is 0.136. The van der Waals surface area contributed by atoms with Crippen molar-refractivity contribution in [1.29, 1.82) is 0 Å². The molecule has 1 atom stereocenters. The summed E-state index contributed by atoms with van der Waals surface area (Å²) in [5, 5.41) is 13.6. The molecule has 1 N–H and O–H groups in total. The molecule has 0 amide bonds. The Morgan fingerprint density at radius 1 is 0.960 bits per heavy atom. The molecular weight excluding hydrogens is 312 g/mol. The SMILES string of the molecule is CCC(c1ccc2ccccc2c1)c1c(O)c2ccccc2oc1=O. The minimum Gasteiger partial charge on any atom is -0.507 e. The van der Waals surface area contributed by atoms with Crippen molar-refractivity contribution in [2.45, 2.75) is 19.3 Å². The summed E-state index contributed by atoms with van der Waals surface area (Å²) >= 11 is 0. The normalized spacial score (nSPS) is 12.5. The molecule has 1 aromatic heterocycles. The molecule has 3 heteroatoms. The largest absolute Gasteiger partial charge is 0.507 e. The zero-order valence-electron chi connectivity index (χ0n) is 13.9. The summed E-state index contributed by atoms with van der Waals surface area (Å²) in [6.07, 6.45) is 0.689. The molecular formula is C22H18O3. The highest BCUT2D eigenvalue weighted by atomic mass is 16.4. The first-order chi connectivity index (χ1) is 12.2. The number of hydrogen-bond donors (Lipinski definition) is 1. The van der Waals surface area contributed by atoms with Gasteiger partial charge in [-0.3, -0.25) is 0 Å². The van der Waals surface area contributed by atoms with Crippen molar-refractivity contribution in [3.63, 3.8) is 0 Å². The quantitative estimate of drug-likeness (QED) is 0.526. The second-order valence-electron chi connectivity index (χ2n) is 6.22. The van der Waals surface area contributed by atoms with E-state index in [1.165, 1.54) is 0 Å². The van der Waals surface area contributed by atoms with E-state index >= 15 is 0 Å². The van der Waals surface area contributed by atoms with Gasteiger partial charge in [0.1, 0.15) is 11.3 Å². The van der Waals surface area contributed by atoms with Crippen LogP contribution in [0.1, 0.15) is 30.4 Å². The molecule has 124 valence electrons. The molecule has 3 aromatic carbocycles. The summed E-state index contributed by atoms with van der Waals surface area (Å²) in [4.78, 5) is 12.6. The van der Waals surface area contributed by atoms with Crippen LogP contribution in [0, 0.1) is 0 Å². The molecule has 0 spiro atoms. The van der Waals surface area contributed by atoms with Gasteiger partial charge in [-0.15, -0.1) is 0 Å². The van der Waals surface area contributed by atoms with Crippen LogP contribution in [0.3, 0.4) is 0 Å². The van der Waals surface area contributed by atoms with Crippen molar-refractivity contribution in [1.82, 2.24) is 0 Å². The molecule has 0 bridgehead atoms. The maximum atomic E-state index is 12.6. The van der Waals surface area contributed by atoms with Crippen LogP contribution >= 0.6 is 0 Å². The minimum absolute atomic E-state index is 0.0202. The van der Waals surface area contributed by atoms with Gasteiger partial charge in [-0.1, -0.05) is 61.5 Å². The van der Waals surface area contributed by atoms with Gasteiger partial charge in [-0.2, -0.15) is 0 Å². The van der Waals surface area contributed by atoms with Crippen LogP contribution in [0.2, 0.25) is 0 Å². The molecule has 0 saturated heterocycles. The van der Waals surface area contributed by atoms with Gasteiger partial charge in [0, 0.05) is 5.92 Å². The van der Waals surface area contributed by atoms with Crippen LogP contribution < -0.4 is 5.63 Å². The van der Waals surface area contributed by atoms with Crippen LogP contribution in [-0.4, -0.2) is 5.11 Å². The van der Waals surface area contributed by atoms with Gasteiger partial charge in [-0.05, 0) is 34.9 Å². The van der Waals surface area contributed by atoms with E-state index in [9.17, 15) is 9.90 Å². The Hall–Kier alpha value is -3.07. The van der Waals surface area contributed by atoms with Crippen LogP contribution in [0.15, 0.2) is 75.9 Å². The van der Waals surface area contributed by atoms with Crippen molar-refractivity contribution in [3.05, 3.63) is 88.3 Å². The topological polar surface area (TPSA) is 50.4 Å². The third-order valence-corrected chi connectivity index (χ3v) is 4.75. The van der Waals surface area contributed by atoms with Crippen molar-refractivity contribution < 1.29 is 9.52 Å². The summed E-state index contributed by atoms with van der Waals surface area (Å²) in [7, 11) is 0. The monoisotopic (exact) mass is 330 g/mol. The maximum absolute atomic E-state index is 12.6. The second kappa shape index (κ2) is 6.10. The Kier molecular flexibility index (Phi) is 3.77. The number of aromatic hydroxyl groups is 1. The molecule has 1 unspecified atom stereocenters. The van der Waals surface area contributed by atoms with E-state index in [1.807, 2.05) is 43.3 Å². The van der Waals surface area contributed by atoms with Crippen LogP contribution in [0.4, 0.5) is 0 Å². The van der Waals surface area contributed by atoms with Gasteiger partial charge in [0.25, 0.3) is 0 Å². The Labute approximate surface area is 145 Å². The number of hydrogen-bond acceptors (Lipinski definition) is 3. The van der Waals surface area contributed by atoms with Gasteiger partial charge < -0.3 is 9.52 Å². The van der Waals surface area contributed by atoms with E-state index < -0.39 is 5.63 Å². The number of fused-ring (bicyclic) bond motifs is 2. The van der Waals surface area contributed by atoms with Gasteiger partial charge in [-0.25, -0.2) is 4.79 Å². The number of rotatable bonds is 3. The van der Waals surface area contributed by atoms with Crippen molar-refractivity contribution >= 4 is 21.7 Å². The third kappa shape index (κ3) is 2.58. The Morgan fingerprint density at radius 2 is 1.68 bits per heavy atom. The predicted molar refractivity (Wildman–Crippen MR) is 100 cm³/mol. The molecule has 4 rings (SSSR count). The molecule has 0 aliphatic carbocycles. The first-order valence-electron chi connectivity index (χ1n) is 8.42. The molecule has 25 heavy (non-hydrogen) atoms. The van der Waals surface area contributed by atoms with Gasteiger partial charge in [0.2, 0.25) is 0 Å². The molecule has 0 aliphatic heterocycles. The highest BCUT2D eigenvalue weighted by Gasteiger charge is 2.23. The van der Waals surface area contributed by atoms with E-state index in [1.54, 1.807) is 18.2 Å². The van der Waals surface area contributed by atoms with E-state index in [-0.39, 0.29) is 11.7 Å². The van der Waals surface area contributed by atoms with E-state index in [0.717, 1.165) is 16.3 Å². The summed E-state index contributed by atoms with van der Waals surface area (Å²) in [6.45, 7) is 2.01. The molecule has 0 radical (unpaired) electrons. The lowest BCUT2D eigenvalue weighted by atomic mass is 9.88. The van der Waals surface area contributed by atoms with Crippen LogP contribution in [0.5, 0.6) is 5.75 Å². The van der Waals surface area contributed by atoms with Gasteiger partial charge in [0.05, 0.1) is 10.9 Å². The fourth-order valence-corrected chi connectivity index (χ4v) is 3.49. The summed E-state index contributed by atoms with van der Waals surface area (Å²) < 4.78 is 5.45. The highest BCUT2D eigenvalue weighted by Crippen LogP contribution is 2.36. The second-order valence-corrected chi connectivity index (χ2v) is 6.22. The van der Waals surface area contributed by atoms with Crippen molar-refractivity contribution in [3.8, 4) is 5.75 Å². The Balaban J connectivity index is 1.93. The molecule has 0 aliphatic rings. The first kappa shape index (κ1) is 15.5. The number of benzene rings is 3. The maximum Gasteiger partial charge on any atom is 0.343 e. The van der Waals surface area contributed by atoms with Gasteiger partial charge >= 0.3 is 5.63 Å². The predicted octanol–water partition coefficient (Wildman–Crippen LogP) is 5.19. The summed E-state index contributed by atoms with van der Waals surface area (Å²) in [5.41, 5.74) is 1.26. The lowest BCUT2D eigenvalue weighted by Crippen LogP contribution is -2.13. The summed E-state index contributed by atoms with van der Waals surface area (Å²) in [5.74, 6) is -0.197. The van der Waals surface area contributed by atoms with E-state index in [4.69, 9.17) is 4.42 Å². The first-order valence-corrected chi connectivity index (χ1v) is 8.42. The Bertz CT molecular complexity index is 1120. The van der Waals surface area contributed by atoms with Crippen LogP contribution in [-0.2, 0) is 0 Å². The standard InChI is InChI=1S/C22H18O3/c1-2-17(16-12-11-14-7-3-4-8-15(14)13-16)20-21(23)18-9-5-6-10-19(18)25-22(20)24/h3-13,17,23H,2H2,1H3. The average molecular weight is 330 g/mol. The highest BCUT2D eigenvalue weighted by molar-refractivity contribution is 5.85. The lowest BCUT2D eigenvalue weighted by molar-refractivity contribution is 0.450. The molecule has 4 aromatic rings. The average Bonchev–Trinajstić information content (AvgIpc) is 2.64. The summed E-state index contributed by atoms with van der Waals surface area (Å²) in [6, 6.07) is 21.3. The molecule has 3 nitrogen and oxygen atoms in total. The van der Waals surface area contributed by atoms with Gasteiger partial charge in [0.15, 0.2) is 0 Å². The number of para-hydroxylation sites is 1. The van der Waals surface area contributed by atoms with Crippen molar-refractivity contribution in [2.75, 3.05) is 0 Å². The fourth-order valence-electron chi connectivity index (χ4n) is 3.49. The lowest BCUT2D eigenvalue weighted by Gasteiger charge is -2.17.